The van der Waals surface area contributed by atoms with Gasteiger partial charge >= 0.3 is 0 Å². The van der Waals surface area contributed by atoms with Gasteiger partial charge in [0.05, 0.1) is 68.3 Å². The minimum Gasteiger partial charge on any atom is -0.255 e. The van der Waals surface area contributed by atoms with Gasteiger partial charge in [0.15, 0.2) is 0 Å². The van der Waals surface area contributed by atoms with E-state index in [9.17, 15) is 0 Å². The second-order valence-electron chi connectivity index (χ2n) is 38.5. The first-order valence-corrected chi connectivity index (χ1v) is 51.2. The van der Waals surface area contributed by atoms with E-state index in [1.54, 1.807) is 50.1 Å². The Kier molecular flexibility index (Phi) is 28.5. The molecule has 9 aromatic heterocycles. The molecule has 9 nitrogen and oxygen atoms in total. The topological polar surface area (TPSA) is 116 Å². The molecule has 0 aliphatic heterocycles. The highest BCUT2D eigenvalue weighted by atomic mass is 14.8. The monoisotopic (exact) mass is 1770 g/mol. The van der Waals surface area contributed by atoms with Crippen LogP contribution in [0.2, 0.25) is 0 Å². The third-order valence-corrected chi connectivity index (χ3v) is 29.8. The van der Waals surface area contributed by atoms with Crippen LogP contribution < -0.4 is 0 Å². The van der Waals surface area contributed by atoms with Gasteiger partial charge in [-0.1, -0.05) is 341 Å². The van der Waals surface area contributed by atoms with Crippen LogP contribution in [0, 0.1) is 0 Å². The fraction of sp³-hybridized carbons (Fsp3) is 0.310. The van der Waals surface area contributed by atoms with Crippen LogP contribution in [0.15, 0.2) is 310 Å². The molecular formula is C126H129N9. The summed E-state index contributed by atoms with van der Waals surface area (Å²) in [6, 6.07) is 102. The standard InChI is InChI=1S/C126H129N9/c1-7-13-19-31-67-124(68-32-20-14-8-2)103-79-94(88-49-55-91(56-50-88)97-82-112(106-43-25-37-73-127-106)133-113(83-97)107-44-26-38-74-128-107)61-64-100(103)118-121(124)119-101-65-62-95(89-51-57-92(58-52-89)98-84-114(108-45-27-39-75-129-108)134-115(85-98)109-46-28-40-76-130-109)80-104(101)125(69-33-21-15-9-3,70-34-22-16-10-4)123(119)120-102-66-63-96(81-105(102)126(122(118)120,71-35-23-17-11-5)72-36-24-18-12-6)90-53-59-93(60-54-90)99-86-116(110-47-29-41-77-131-110)135-117(87-99)111-48-30-42-78-132-111/h25-30,37-66,73-87H,7-24,31-36,67-72H2,1-6H3. The van der Waals surface area contributed by atoms with Gasteiger partial charge in [-0.25, -0.2) is 15.0 Å². The Labute approximate surface area is 801 Å². The average Bonchev–Trinajstić information content (AvgIpc) is 1.48. The van der Waals surface area contributed by atoms with Crippen molar-refractivity contribution in [2.45, 2.75) is 250 Å². The van der Waals surface area contributed by atoms with E-state index in [0.29, 0.717) is 0 Å². The van der Waals surface area contributed by atoms with Crippen molar-refractivity contribution in [3.63, 3.8) is 0 Å². The van der Waals surface area contributed by atoms with Crippen LogP contribution in [-0.4, -0.2) is 44.9 Å². The SMILES string of the molecule is CCCCCCC1(CCCCCC)c2cc(-c3ccc(-c4cc(-c5ccccn5)nc(-c5ccccn5)c4)cc3)ccc2-c2c1c1c(c3c2C(CCCCCC)(CCCCCC)c2cc(-c4ccc(-c5cc(-c6ccccn6)nc(-c6ccccn6)c5)cc4)ccc2-3)C(CCCCCC)(CCCCCC)c2cc(-c3ccc(-c4cc(-c5ccccn5)nc(-c5ccccn5)c4)cc3)ccc2-1. The molecule has 678 valence electrons. The molecule has 16 aromatic rings. The number of nitrogens with zero attached hydrogens (tertiary/aromatic N) is 9. The molecule has 0 atom stereocenters. The highest BCUT2D eigenvalue weighted by molar-refractivity contribution is 6.06. The van der Waals surface area contributed by atoms with Gasteiger partial charge in [0, 0.05) is 53.4 Å². The van der Waals surface area contributed by atoms with E-state index in [1.165, 1.54) is 166 Å². The molecule has 0 saturated heterocycles. The summed E-state index contributed by atoms with van der Waals surface area (Å²) in [5.74, 6) is 0. The summed E-state index contributed by atoms with van der Waals surface area (Å²) in [6.07, 6.45) is 46.3. The lowest BCUT2D eigenvalue weighted by Crippen LogP contribution is -2.31. The highest BCUT2D eigenvalue weighted by Crippen LogP contribution is 2.72. The maximum atomic E-state index is 5.22. The fourth-order valence-electron chi connectivity index (χ4n) is 23.0. The molecule has 0 N–H and O–H groups in total. The Morgan fingerprint density at radius 3 is 0.533 bits per heavy atom. The second-order valence-corrected chi connectivity index (χ2v) is 38.5. The Balaban J connectivity index is 0.860. The summed E-state index contributed by atoms with van der Waals surface area (Å²) in [6.45, 7) is 14.4. The van der Waals surface area contributed by atoms with E-state index in [2.05, 4.69) is 242 Å². The minimum absolute atomic E-state index is 0.322. The average molecular weight is 1770 g/mol. The zero-order valence-electron chi connectivity index (χ0n) is 80.2. The van der Waals surface area contributed by atoms with Gasteiger partial charge in [-0.15, -0.1) is 0 Å². The largest absolute Gasteiger partial charge is 0.255 e. The van der Waals surface area contributed by atoms with Gasteiger partial charge in [0.25, 0.3) is 0 Å². The van der Waals surface area contributed by atoms with E-state index >= 15 is 0 Å². The van der Waals surface area contributed by atoms with E-state index in [4.69, 9.17) is 44.9 Å². The van der Waals surface area contributed by atoms with Crippen molar-refractivity contribution in [2.75, 3.05) is 0 Å². The van der Waals surface area contributed by atoms with Gasteiger partial charge in [-0.05, 0) is 299 Å². The smallest absolute Gasteiger partial charge is 0.0900 e. The molecule has 135 heavy (non-hydrogen) atoms. The lowest BCUT2D eigenvalue weighted by Gasteiger charge is -2.40. The molecule has 3 aliphatic rings. The van der Waals surface area contributed by atoms with Crippen LogP contribution in [0.3, 0.4) is 0 Å². The summed E-state index contributed by atoms with van der Waals surface area (Å²) >= 11 is 0. The lowest BCUT2D eigenvalue weighted by molar-refractivity contribution is 0.389. The van der Waals surface area contributed by atoms with Crippen LogP contribution in [-0.2, 0) is 16.2 Å². The fourth-order valence-corrected chi connectivity index (χ4v) is 23.0. The molecule has 9 heterocycles. The first-order valence-electron chi connectivity index (χ1n) is 51.2. The summed E-state index contributed by atoms with van der Waals surface area (Å²) in [5.41, 5.74) is 42.1. The summed E-state index contributed by atoms with van der Waals surface area (Å²) < 4.78 is 0. The van der Waals surface area contributed by atoms with Gasteiger partial charge in [0.2, 0.25) is 0 Å². The van der Waals surface area contributed by atoms with E-state index in [1.807, 2.05) is 110 Å². The van der Waals surface area contributed by atoms with Gasteiger partial charge in [0.1, 0.15) is 0 Å². The van der Waals surface area contributed by atoms with Crippen molar-refractivity contribution >= 4 is 0 Å². The Morgan fingerprint density at radius 2 is 0.356 bits per heavy atom. The molecule has 0 bridgehead atoms. The molecule has 9 heteroatoms. The number of pyridine rings is 9. The number of hydrogen-bond donors (Lipinski definition) is 0. The predicted octanol–water partition coefficient (Wildman–Crippen LogP) is 34.9. The number of hydrogen-bond acceptors (Lipinski definition) is 9. The minimum atomic E-state index is -0.322. The van der Waals surface area contributed by atoms with E-state index < -0.39 is 0 Å². The normalized spacial score (nSPS) is 13.3. The van der Waals surface area contributed by atoms with Gasteiger partial charge < -0.3 is 0 Å². The number of fused-ring (bicyclic) bond motifs is 12. The van der Waals surface area contributed by atoms with Crippen LogP contribution in [0.4, 0.5) is 0 Å². The van der Waals surface area contributed by atoms with Crippen molar-refractivity contribution in [3.05, 3.63) is 344 Å². The molecule has 0 fully saturated rings. The zero-order valence-corrected chi connectivity index (χ0v) is 80.2. The third kappa shape index (κ3) is 18.7. The first kappa shape index (κ1) is 91.0. The van der Waals surface area contributed by atoms with Crippen molar-refractivity contribution in [3.8, 4) is 168 Å². The molecule has 0 saturated carbocycles. The first-order chi connectivity index (χ1) is 66.6. The van der Waals surface area contributed by atoms with Gasteiger partial charge in [-0.3, -0.25) is 29.9 Å². The Morgan fingerprint density at radius 1 is 0.170 bits per heavy atom. The molecular weight excluding hydrogens is 1640 g/mol. The molecule has 7 aromatic carbocycles. The quantitative estimate of drug-likeness (QED) is 0.0345. The number of aromatic nitrogens is 9. The summed E-state index contributed by atoms with van der Waals surface area (Å²) in [4.78, 5) is 44.6. The maximum Gasteiger partial charge on any atom is 0.0900 e. The highest BCUT2D eigenvalue weighted by Gasteiger charge is 2.58. The van der Waals surface area contributed by atoms with Crippen molar-refractivity contribution in [2.24, 2.45) is 0 Å². The number of benzene rings is 7. The number of rotatable bonds is 42. The van der Waals surface area contributed by atoms with Crippen molar-refractivity contribution in [1.82, 2.24) is 44.9 Å². The molecule has 19 rings (SSSR count). The second kappa shape index (κ2) is 42.2. The number of unbranched alkanes of at least 4 members (excludes halogenated alkanes) is 18. The maximum absolute atomic E-state index is 5.22. The Hall–Kier alpha value is -13.1. The van der Waals surface area contributed by atoms with Crippen molar-refractivity contribution < 1.29 is 0 Å². The van der Waals surface area contributed by atoms with E-state index in [-0.39, 0.29) is 16.2 Å². The molecule has 0 spiro atoms. The van der Waals surface area contributed by atoms with Crippen molar-refractivity contribution in [1.29, 1.82) is 0 Å². The van der Waals surface area contributed by atoms with E-state index in [0.717, 1.165) is 179 Å². The summed E-state index contributed by atoms with van der Waals surface area (Å²) in [7, 11) is 0. The summed E-state index contributed by atoms with van der Waals surface area (Å²) in [5, 5.41) is 0. The molecule has 0 radical (unpaired) electrons. The molecule has 3 aliphatic carbocycles. The molecule has 0 unspecified atom stereocenters. The predicted molar refractivity (Wildman–Crippen MR) is 563 cm³/mol. The Bertz CT molecular complexity index is 5840. The third-order valence-electron chi connectivity index (χ3n) is 29.8. The van der Waals surface area contributed by atoms with Gasteiger partial charge in [-0.2, -0.15) is 0 Å². The lowest BCUT2D eigenvalue weighted by atomic mass is 9.63. The molecule has 0 amide bonds. The van der Waals surface area contributed by atoms with Crippen LogP contribution >= 0.6 is 0 Å². The van der Waals surface area contributed by atoms with Crippen LogP contribution in [0.5, 0.6) is 0 Å². The van der Waals surface area contributed by atoms with Crippen LogP contribution in [0.25, 0.3) is 168 Å². The zero-order chi connectivity index (χ0) is 91.9. The van der Waals surface area contributed by atoms with Crippen LogP contribution in [0.1, 0.15) is 268 Å².